The summed E-state index contributed by atoms with van der Waals surface area (Å²) in [4.78, 5) is 0. The Morgan fingerprint density at radius 3 is 0.500 bits per heavy atom. The van der Waals surface area contributed by atoms with Crippen molar-refractivity contribution in [2.24, 2.45) is 0 Å². The summed E-state index contributed by atoms with van der Waals surface area (Å²) >= 11 is 0. The van der Waals surface area contributed by atoms with E-state index in [9.17, 15) is 0 Å². The molecule has 0 aliphatic heterocycles. The predicted molar refractivity (Wildman–Crippen MR) is 0 cm³/mol. The summed E-state index contributed by atoms with van der Waals surface area (Å²) in [5, 5.41) is 0. The largest absolute Gasteiger partial charge is 3.00 e. The zero-order valence-electron chi connectivity index (χ0n) is 2.92. The molecule has 0 saturated heterocycles. The molecule has 0 aromatic heterocycles. The average molecular weight is 167 g/mol. The van der Waals surface area contributed by atoms with E-state index < -0.39 is 0 Å². The molecule has 0 atom stereocenters. The van der Waals surface area contributed by atoms with E-state index in [4.69, 9.17) is 0 Å². The quantitative estimate of drug-likeness (QED) is 0.248. The predicted octanol–water partition coefficient (Wildman–Crippen LogP) is -15.0. The molecular weight excluding hydrogens is 167 g/mol. The van der Waals surface area contributed by atoms with Crippen molar-refractivity contribution in [1.29, 1.82) is 0 Å². The zero-order chi connectivity index (χ0) is 0. The van der Waals surface area contributed by atoms with Crippen LogP contribution in [0.15, 0.2) is 0 Å². The second-order valence-electron chi connectivity index (χ2n) is 0. The van der Waals surface area contributed by atoms with Gasteiger partial charge in [0.2, 0.25) is 0 Å². The minimum absolute atomic E-state index is 0. The van der Waals surface area contributed by atoms with Gasteiger partial charge in [0.15, 0.2) is 0 Å². The minimum Gasteiger partial charge on any atom is -1.00 e. The molecule has 0 heterocycles. The summed E-state index contributed by atoms with van der Waals surface area (Å²) in [5.74, 6) is 0. The van der Waals surface area contributed by atoms with Crippen molar-refractivity contribution in [2.75, 3.05) is 0 Å². The summed E-state index contributed by atoms with van der Waals surface area (Å²) in [6.45, 7) is 0. The van der Waals surface area contributed by atoms with Gasteiger partial charge in [0, 0.05) is 0 Å². The third-order valence-corrected chi connectivity index (χ3v) is 0. The van der Waals surface area contributed by atoms with Crippen molar-refractivity contribution >= 4 is 0 Å². The Morgan fingerprint density at radius 1 is 0.500 bits per heavy atom. The van der Waals surface area contributed by atoms with E-state index in [1.807, 2.05) is 0 Å². The molecular formula is CrF4K. The van der Waals surface area contributed by atoms with Gasteiger partial charge in [-0.3, -0.25) is 0 Å². The molecule has 0 aromatic rings. The van der Waals surface area contributed by atoms with E-state index in [0.29, 0.717) is 0 Å². The second-order valence-corrected chi connectivity index (χ2v) is 0. The van der Waals surface area contributed by atoms with Crippen LogP contribution in [0.5, 0.6) is 0 Å². The number of rotatable bonds is 0. The standard InChI is InChI=1S/Cr.4FH.K/h;4*1H;/q+3;;;;;+1/p-4. The van der Waals surface area contributed by atoms with E-state index >= 15 is 0 Å². The molecule has 0 saturated carbocycles. The summed E-state index contributed by atoms with van der Waals surface area (Å²) in [6.07, 6.45) is 0. The molecule has 0 unspecified atom stereocenters. The molecule has 6 heavy (non-hydrogen) atoms. The minimum atomic E-state index is 0. The third-order valence-electron chi connectivity index (χ3n) is 0. The smallest absolute Gasteiger partial charge is 1.00 e. The SMILES string of the molecule is [Cr+3].[F-].[F-].[F-].[F-].[K+]. The monoisotopic (exact) mass is 167 g/mol. The van der Waals surface area contributed by atoms with E-state index in [-0.39, 0.29) is 87.6 Å². The van der Waals surface area contributed by atoms with Gasteiger partial charge in [-0.15, -0.1) is 0 Å². The van der Waals surface area contributed by atoms with Crippen LogP contribution in [0.3, 0.4) is 0 Å². The Hall–Kier alpha value is 1.89. The molecule has 0 N–H and O–H groups in total. The molecule has 0 nitrogen and oxygen atoms in total. The van der Waals surface area contributed by atoms with Crippen LogP contribution in [0.2, 0.25) is 0 Å². The van der Waals surface area contributed by atoms with Gasteiger partial charge in [0.05, 0.1) is 0 Å². The Labute approximate surface area is 86.1 Å². The summed E-state index contributed by atoms with van der Waals surface area (Å²) in [6, 6.07) is 0. The first-order valence-electron chi connectivity index (χ1n) is 0. The van der Waals surface area contributed by atoms with Gasteiger partial charge in [-0.05, 0) is 0 Å². The zero-order valence-corrected chi connectivity index (χ0v) is 7.32. The van der Waals surface area contributed by atoms with Crippen molar-refractivity contribution in [3.63, 3.8) is 0 Å². The van der Waals surface area contributed by atoms with Gasteiger partial charge >= 0.3 is 68.7 Å². The van der Waals surface area contributed by atoms with Crippen LogP contribution in [0.4, 0.5) is 0 Å². The molecule has 0 bridgehead atoms. The summed E-state index contributed by atoms with van der Waals surface area (Å²) < 4.78 is 0. The molecule has 0 spiro atoms. The van der Waals surface area contributed by atoms with Crippen LogP contribution in [0.25, 0.3) is 0 Å². The van der Waals surface area contributed by atoms with E-state index in [2.05, 4.69) is 0 Å². The Morgan fingerprint density at radius 2 is 0.500 bits per heavy atom. The summed E-state index contributed by atoms with van der Waals surface area (Å²) in [5.41, 5.74) is 0. The topological polar surface area (TPSA) is 0 Å². The maximum Gasteiger partial charge on any atom is 3.00 e. The first kappa shape index (κ1) is 105. The molecule has 0 aromatic carbocycles. The molecule has 35 valence electrons. The maximum absolute atomic E-state index is 0. The Kier molecular flexibility index (Phi) is 1170. The third kappa shape index (κ3) is 39.5. The van der Waals surface area contributed by atoms with Gasteiger partial charge in [0.1, 0.15) is 0 Å². The Bertz CT molecular complexity index is 7.51. The van der Waals surface area contributed by atoms with Crippen LogP contribution in [-0.2, 0) is 17.4 Å². The molecule has 0 rings (SSSR count). The fourth-order valence-electron chi connectivity index (χ4n) is 0. The van der Waals surface area contributed by atoms with Crippen LogP contribution in [0, 0.1) is 0 Å². The van der Waals surface area contributed by atoms with E-state index in [1.165, 1.54) is 0 Å². The van der Waals surface area contributed by atoms with Crippen molar-refractivity contribution in [3.05, 3.63) is 0 Å². The first-order chi connectivity index (χ1) is 0. The molecule has 1 radical (unpaired) electrons. The Balaban J connectivity index is 0. The molecule has 0 fully saturated rings. The van der Waals surface area contributed by atoms with Crippen molar-refractivity contribution in [3.8, 4) is 0 Å². The fourth-order valence-corrected chi connectivity index (χ4v) is 0. The molecule has 0 amide bonds. The van der Waals surface area contributed by atoms with Gasteiger partial charge in [-0.1, -0.05) is 0 Å². The van der Waals surface area contributed by atoms with Crippen LogP contribution in [0.1, 0.15) is 0 Å². The second kappa shape index (κ2) is 67.0. The van der Waals surface area contributed by atoms with Gasteiger partial charge in [-0.2, -0.15) is 0 Å². The van der Waals surface area contributed by atoms with Gasteiger partial charge in [0.25, 0.3) is 0 Å². The summed E-state index contributed by atoms with van der Waals surface area (Å²) in [7, 11) is 0. The maximum atomic E-state index is 0. The van der Waals surface area contributed by atoms with E-state index in [1.54, 1.807) is 0 Å². The van der Waals surface area contributed by atoms with Crippen LogP contribution >= 0.6 is 0 Å². The number of hydrogen-bond acceptors (Lipinski definition) is 0. The molecule has 0 aliphatic carbocycles. The van der Waals surface area contributed by atoms with Crippen molar-refractivity contribution in [2.45, 2.75) is 0 Å². The van der Waals surface area contributed by atoms with Crippen LogP contribution in [-0.4, -0.2) is 0 Å². The van der Waals surface area contributed by atoms with Gasteiger partial charge < -0.3 is 18.8 Å². The normalized spacial score (nSPS) is 0. The van der Waals surface area contributed by atoms with Crippen molar-refractivity contribution < 1.29 is 87.6 Å². The number of halogens is 4. The first-order valence-corrected chi connectivity index (χ1v) is 0. The molecule has 0 aliphatic rings. The molecule has 6 heteroatoms. The van der Waals surface area contributed by atoms with E-state index in [0.717, 1.165) is 0 Å². The van der Waals surface area contributed by atoms with Crippen molar-refractivity contribution in [1.82, 2.24) is 0 Å². The fraction of sp³-hybridized carbons (Fsp3) is 0. The average Bonchev–Trinajstić information content (AvgIpc) is 0. The van der Waals surface area contributed by atoms with Crippen LogP contribution < -0.4 is 70.2 Å². The van der Waals surface area contributed by atoms with Gasteiger partial charge in [-0.25, -0.2) is 0 Å². The number of hydrogen-bond donors (Lipinski definition) is 0.